The minimum Gasteiger partial charge on any atom is -0.340 e. The van der Waals surface area contributed by atoms with Gasteiger partial charge in [-0.2, -0.15) is 4.98 Å². The summed E-state index contributed by atoms with van der Waals surface area (Å²) in [4.78, 5) is 4.33. The molecule has 3 rings (SSSR count). The number of hydrogen-bond acceptors (Lipinski definition) is 4. The fraction of sp³-hybridized carbons (Fsp3) is 0.429. The molecule has 1 aromatic heterocycles. The van der Waals surface area contributed by atoms with Gasteiger partial charge in [0.25, 0.3) is 0 Å². The summed E-state index contributed by atoms with van der Waals surface area (Å²) in [7, 11) is 0. The van der Waals surface area contributed by atoms with E-state index in [1.54, 1.807) is 6.92 Å². The highest BCUT2D eigenvalue weighted by molar-refractivity contribution is 9.10. The van der Waals surface area contributed by atoms with Crippen LogP contribution in [0.2, 0.25) is 0 Å². The molecule has 1 aromatic carbocycles. The lowest BCUT2D eigenvalue weighted by atomic mass is 9.76. The fourth-order valence-electron chi connectivity index (χ4n) is 2.49. The standard InChI is InChI=1S/C14H15BrFN3O/c1-9-18-13(19-20-9)14(3-2-4-14)17-8-10-5-11(15)7-12(16)6-10/h5-7,17H,2-4,8H2,1H3. The molecule has 6 heteroatoms. The van der Waals surface area contributed by atoms with Gasteiger partial charge in [-0.05, 0) is 43.0 Å². The minimum atomic E-state index is -0.241. The van der Waals surface area contributed by atoms with Crippen LogP contribution < -0.4 is 5.32 Å². The quantitative estimate of drug-likeness (QED) is 0.926. The first-order valence-electron chi connectivity index (χ1n) is 6.58. The third-order valence-corrected chi connectivity index (χ3v) is 4.17. The maximum atomic E-state index is 13.4. The lowest BCUT2D eigenvalue weighted by Gasteiger charge is -2.40. The van der Waals surface area contributed by atoms with E-state index in [4.69, 9.17) is 4.52 Å². The Labute approximate surface area is 124 Å². The number of benzene rings is 1. The first-order valence-corrected chi connectivity index (χ1v) is 7.37. The molecule has 1 heterocycles. The van der Waals surface area contributed by atoms with Crippen molar-refractivity contribution in [1.82, 2.24) is 15.5 Å². The van der Waals surface area contributed by atoms with Gasteiger partial charge < -0.3 is 9.84 Å². The predicted octanol–water partition coefficient (Wildman–Crippen LogP) is 3.45. The van der Waals surface area contributed by atoms with Gasteiger partial charge in [-0.1, -0.05) is 21.1 Å². The van der Waals surface area contributed by atoms with Gasteiger partial charge in [-0.15, -0.1) is 0 Å². The normalized spacial score (nSPS) is 16.9. The molecule has 0 aliphatic heterocycles. The number of aromatic nitrogens is 2. The van der Waals surface area contributed by atoms with E-state index in [0.717, 1.165) is 29.3 Å². The molecule has 20 heavy (non-hydrogen) atoms. The fourth-order valence-corrected chi connectivity index (χ4v) is 3.00. The molecule has 1 aliphatic rings. The van der Waals surface area contributed by atoms with E-state index in [2.05, 4.69) is 31.4 Å². The van der Waals surface area contributed by atoms with E-state index in [1.807, 2.05) is 6.07 Å². The molecule has 1 N–H and O–H groups in total. The molecule has 0 saturated heterocycles. The van der Waals surface area contributed by atoms with E-state index in [-0.39, 0.29) is 11.4 Å². The number of nitrogens with zero attached hydrogens (tertiary/aromatic N) is 2. The Morgan fingerprint density at radius 1 is 1.40 bits per heavy atom. The molecule has 0 atom stereocenters. The molecule has 0 unspecified atom stereocenters. The largest absolute Gasteiger partial charge is 0.340 e. The molecule has 1 fully saturated rings. The molecular weight excluding hydrogens is 325 g/mol. The lowest BCUT2D eigenvalue weighted by Crippen LogP contribution is -2.48. The van der Waals surface area contributed by atoms with Crippen molar-refractivity contribution in [2.75, 3.05) is 0 Å². The van der Waals surface area contributed by atoms with Crippen LogP contribution in [0.1, 0.15) is 36.5 Å². The Kier molecular flexibility index (Phi) is 3.60. The zero-order valence-corrected chi connectivity index (χ0v) is 12.7. The van der Waals surface area contributed by atoms with Crippen LogP contribution in [0.15, 0.2) is 27.2 Å². The highest BCUT2D eigenvalue weighted by Crippen LogP contribution is 2.40. The Bertz CT molecular complexity index is 604. The van der Waals surface area contributed by atoms with E-state index in [0.29, 0.717) is 18.3 Å². The molecule has 0 bridgehead atoms. The number of halogens is 2. The van der Waals surface area contributed by atoms with Crippen molar-refractivity contribution in [3.05, 3.63) is 45.8 Å². The van der Waals surface area contributed by atoms with Crippen LogP contribution in [-0.2, 0) is 12.1 Å². The van der Waals surface area contributed by atoms with Gasteiger partial charge in [0.15, 0.2) is 5.82 Å². The van der Waals surface area contributed by atoms with Crippen LogP contribution in [-0.4, -0.2) is 10.1 Å². The Morgan fingerprint density at radius 3 is 2.75 bits per heavy atom. The van der Waals surface area contributed by atoms with Crippen molar-refractivity contribution >= 4 is 15.9 Å². The summed E-state index contributed by atoms with van der Waals surface area (Å²) >= 11 is 3.31. The molecule has 0 amide bonds. The molecule has 1 aliphatic carbocycles. The molecular formula is C14H15BrFN3O. The highest BCUT2D eigenvalue weighted by atomic mass is 79.9. The van der Waals surface area contributed by atoms with Crippen LogP contribution in [0, 0.1) is 12.7 Å². The Morgan fingerprint density at radius 2 is 2.20 bits per heavy atom. The molecule has 0 radical (unpaired) electrons. The molecule has 2 aromatic rings. The molecule has 0 spiro atoms. The first kappa shape index (κ1) is 13.7. The van der Waals surface area contributed by atoms with Crippen molar-refractivity contribution in [2.24, 2.45) is 0 Å². The summed E-state index contributed by atoms with van der Waals surface area (Å²) in [5.41, 5.74) is 0.666. The predicted molar refractivity (Wildman–Crippen MR) is 75.5 cm³/mol. The second-order valence-electron chi connectivity index (χ2n) is 5.20. The molecule has 1 saturated carbocycles. The van der Waals surface area contributed by atoms with Crippen LogP contribution in [0.3, 0.4) is 0 Å². The van der Waals surface area contributed by atoms with Crippen molar-refractivity contribution in [2.45, 2.75) is 38.3 Å². The van der Waals surface area contributed by atoms with Gasteiger partial charge in [0.1, 0.15) is 5.82 Å². The maximum absolute atomic E-state index is 13.4. The van der Waals surface area contributed by atoms with Crippen molar-refractivity contribution in [1.29, 1.82) is 0 Å². The van der Waals surface area contributed by atoms with Gasteiger partial charge in [0, 0.05) is 17.9 Å². The summed E-state index contributed by atoms with van der Waals surface area (Å²) < 4.78 is 19.2. The van der Waals surface area contributed by atoms with Gasteiger partial charge in [-0.3, -0.25) is 0 Å². The van der Waals surface area contributed by atoms with Crippen LogP contribution in [0.25, 0.3) is 0 Å². The van der Waals surface area contributed by atoms with Gasteiger partial charge in [0.05, 0.1) is 5.54 Å². The third kappa shape index (κ3) is 2.62. The van der Waals surface area contributed by atoms with Gasteiger partial charge >= 0.3 is 0 Å². The highest BCUT2D eigenvalue weighted by Gasteiger charge is 2.42. The van der Waals surface area contributed by atoms with Crippen LogP contribution in [0.4, 0.5) is 4.39 Å². The van der Waals surface area contributed by atoms with E-state index in [1.165, 1.54) is 12.1 Å². The SMILES string of the molecule is Cc1nc(C2(NCc3cc(F)cc(Br)c3)CCC2)no1. The van der Waals surface area contributed by atoms with Crippen LogP contribution >= 0.6 is 15.9 Å². The lowest BCUT2D eigenvalue weighted by molar-refractivity contribution is 0.165. The smallest absolute Gasteiger partial charge is 0.223 e. The summed E-state index contributed by atoms with van der Waals surface area (Å²) in [5, 5.41) is 7.49. The second-order valence-corrected chi connectivity index (χ2v) is 6.12. The zero-order chi connectivity index (χ0) is 14.2. The van der Waals surface area contributed by atoms with Crippen molar-refractivity contribution < 1.29 is 8.91 Å². The summed E-state index contributed by atoms with van der Waals surface area (Å²) in [6.07, 6.45) is 3.08. The van der Waals surface area contributed by atoms with Crippen LogP contribution in [0.5, 0.6) is 0 Å². The van der Waals surface area contributed by atoms with E-state index >= 15 is 0 Å². The van der Waals surface area contributed by atoms with Gasteiger partial charge in [-0.25, -0.2) is 4.39 Å². The van der Waals surface area contributed by atoms with Gasteiger partial charge in [0.2, 0.25) is 5.89 Å². The summed E-state index contributed by atoms with van der Waals surface area (Å²) in [6.45, 7) is 2.36. The number of hydrogen-bond donors (Lipinski definition) is 1. The average molecular weight is 340 g/mol. The average Bonchev–Trinajstić information content (AvgIpc) is 2.73. The number of aryl methyl sites for hydroxylation is 1. The monoisotopic (exact) mass is 339 g/mol. The summed E-state index contributed by atoms with van der Waals surface area (Å²) in [6, 6.07) is 4.89. The maximum Gasteiger partial charge on any atom is 0.223 e. The third-order valence-electron chi connectivity index (χ3n) is 3.72. The number of nitrogens with one attached hydrogen (secondary N) is 1. The number of rotatable bonds is 4. The first-order chi connectivity index (χ1) is 9.57. The van der Waals surface area contributed by atoms with Crippen molar-refractivity contribution in [3.8, 4) is 0 Å². The topological polar surface area (TPSA) is 51.0 Å². The van der Waals surface area contributed by atoms with E-state index < -0.39 is 0 Å². The van der Waals surface area contributed by atoms with E-state index in [9.17, 15) is 4.39 Å². The van der Waals surface area contributed by atoms with Crippen molar-refractivity contribution in [3.63, 3.8) is 0 Å². The Hall–Kier alpha value is -1.27. The molecule has 4 nitrogen and oxygen atoms in total. The zero-order valence-electron chi connectivity index (χ0n) is 11.1. The minimum absolute atomic E-state index is 0.226. The molecule has 106 valence electrons. The Balaban J connectivity index is 1.76. The second kappa shape index (κ2) is 5.26. The summed E-state index contributed by atoms with van der Waals surface area (Å²) in [5.74, 6) is 1.03.